The standard InChI is InChI=1S/C27H24N6O2S3/c1-17(34)33-10-7-18(8-11-33)22-15-37-27(31-22)32-24-23(35-19-5-3-2-4-6-19)13-20(14-28-24)38-26-21-9-12-36-25(21)29-16-30-26/h2-6,9,12-16,18H,7-8,10-11H2,1H3,(H,28,31,32). The third-order valence-electron chi connectivity index (χ3n) is 6.34. The Morgan fingerprint density at radius 2 is 1.95 bits per heavy atom. The van der Waals surface area contributed by atoms with Crippen LogP contribution in [0.5, 0.6) is 11.5 Å². The van der Waals surface area contributed by atoms with Gasteiger partial charge in [-0.3, -0.25) is 4.79 Å². The van der Waals surface area contributed by atoms with Gasteiger partial charge in [0.2, 0.25) is 5.91 Å². The summed E-state index contributed by atoms with van der Waals surface area (Å²) in [5, 5.41) is 10.2. The summed E-state index contributed by atoms with van der Waals surface area (Å²) in [5.41, 5.74) is 1.06. The number of fused-ring (bicyclic) bond motifs is 1. The number of piperidine rings is 1. The molecule has 4 aromatic heterocycles. The molecule has 38 heavy (non-hydrogen) atoms. The number of rotatable bonds is 7. The minimum absolute atomic E-state index is 0.141. The molecule has 6 rings (SSSR count). The van der Waals surface area contributed by atoms with Gasteiger partial charge in [0.05, 0.1) is 5.69 Å². The Hall–Kier alpha value is -3.54. The van der Waals surface area contributed by atoms with E-state index in [0.29, 0.717) is 17.5 Å². The molecule has 1 saturated heterocycles. The van der Waals surface area contributed by atoms with Gasteiger partial charge in [-0.25, -0.2) is 19.9 Å². The van der Waals surface area contributed by atoms with Crippen LogP contribution < -0.4 is 10.1 Å². The van der Waals surface area contributed by atoms with Crippen molar-refractivity contribution in [2.45, 2.75) is 35.6 Å². The van der Waals surface area contributed by atoms with Gasteiger partial charge in [0, 0.05) is 53.9 Å². The minimum Gasteiger partial charge on any atom is -0.453 e. The number of likely N-dealkylation sites (tertiary alicyclic amines) is 1. The highest BCUT2D eigenvalue weighted by atomic mass is 32.2. The van der Waals surface area contributed by atoms with Crippen molar-refractivity contribution in [3.63, 3.8) is 0 Å². The normalized spacial score (nSPS) is 14.1. The van der Waals surface area contributed by atoms with E-state index in [2.05, 4.69) is 20.7 Å². The molecule has 0 saturated carbocycles. The van der Waals surface area contributed by atoms with E-state index in [4.69, 9.17) is 14.7 Å². The van der Waals surface area contributed by atoms with Crippen molar-refractivity contribution >= 4 is 61.5 Å². The maximum atomic E-state index is 11.7. The smallest absolute Gasteiger partial charge is 0.219 e. The molecule has 0 radical (unpaired) electrons. The van der Waals surface area contributed by atoms with Crippen LogP contribution in [0.4, 0.5) is 10.9 Å². The van der Waals surface area contributed by atoms with Crippen molar-refractivity contribution in [2.24, 2.45) is 0 Å². The number of pyridine rings is 1. The highest BCUT2D eigenvalue weighted by Crippen LogP contribution is 2.39. The number of nitrogens with one attached hydrogen (secondary N) is 1. The Bertz CT molecular complexity index is 1560. The number of anilines is 2. The predicted molar refractivity (Wildman–Crippen MR) is 152 cm³/mol. The summed E-state index contributed by atoms with van der Waals surface area (Å²) in [6.45, 7) is 3.19. The average molecular weight is 561 g/mol. The van der Waals surface area contributed by atoms with Crippen molar-refractivity contribution in [1.82, 2.24) is 24.8 Å². The van der Waals surface area contributed by atoms with Crippen LogP contribution in [0.25, 0.3) is 10.2 Å². The van der Waals surface area contributed by atoms with Gasteiger partial charge < -0.3 is 15.0 Å². The Kier molecular flexibility index (Phi) is 7.21. The molecule has 1 aromatic carbocycles. The van der Waals surface area contributed by atoms with E-state index in [-0.39, 0.29) is 5.91 Å². The van der Waals surface area contributed by atoms with Gasteiger partial charge in [-0.1, -0.05) is 30.0 Å². The zero-order chi connectivity index (χ0) is 25.9. The lowest BCUT2D eigenvalue weighted by Crippen LogP contribution is -2.36. The molecule has 11 heteroatoms. The summed E-state index contributed by atoms with van der Waals surface area (Å²) in [6, 6.07) is 13.7. The fourth-order valence-electron chi connectivity index (χ4n) is 4.35. The monoisotopic (exact) mass is 560 g/mol. The van der Waals surface area contributed by atoms with E-state index in [1.165, 1.54) is 11.8 Å². The zero-order valence-corrected chi connectivity index (χ0v) is 23.0. The second kappa shape index (κ2) is 11.1. The number of carbonyl (C=O) groups is 1. The fraction of sp³-hybridized carbons (Fsp3) is 0.222. The fourth-order valence-corrected chi connectivity index (χ4v) is 6.81. The van der Waals surface area contributed by atoms with Crippen LogP contribution in [0.3, 0.4) is 0 Å². The minimum atomic E-state index is 0.141. The average Bonchev–Trinajstić information content (AvgIpc) is 3.61. The lowest BCUT2D eigenvalue weighted by molar-refractivity contribution is -0.129. The number of benzene rings is 1. The van der Waals surface area contributed by atoms with Crippen molar-refractivity contribution in [1.29, 1.82) is 0 Å². The molecule has 8 nitrogen and oxygen atoms in total. The van der Waals surface area contributed by atoms with Crippen molar-refractivity contribution in [2.75, 3.05) is 18.4 Å². The number of nitrogens with zero attached hydrogens (tertiary/aromatic N) is 5. The van der Waals surface area contributed by atoms with Gasteiger partial charge in [-0.2, -0.15) is 0 Å². The molecule has 0 atom stereocenters. The third-order valence-corrected chi connectivity index (χ3v) is 8.92. The SMILES string of the molecule is CC(=O)N1CCC(c2csc(Nc3ncc(Sc4ncnc5sccc45)cc3Oc3ccccc3)n2)CC1. The largest absolute Gasteiger partial charge is 0.453 e. The Morgan fingerprint density at radius 1 is 1.11 bits per heavy atom. The molecule has 1 aliphatic heterocycles. The summed E-state index contributed by atoms with van der Waals surface area (Å²) in [7, 11) is 0. The second-order valence-corrected chi connectivity index (χ2v) is 11.7. The predicted octanol–water partition coefficient (Wildman–Crippen LogP) is 6.96. The van der Waals surface area contributed by atoms with Crippen LogP contribution in [-0.4, -0.2) is 43.8 Å². The molecule has 1 fully saturated rings. The van der Waals surface area contributed by atoms with Gasteiger partial charge in [0.15, 0.2) is 16.7 Å². The first-order chi connectivity index (χ1) is 18.6. The maximum absolute atomic E-state index is 11.7. The summed E-state index contributed by atoms with van der Waals surface area (Å²) in [6.07, 6.45) is 5.26. The lowest BCUT2D eigenvalue weighted by Gasteiger charge is -2.30. The molecule has 1 N–H and O–H groups in total. The van der Waals surface area contributed by atoms with Crippen LogP contribution in [0.15, 0.2) is 75.7 Å². The molecule has 1 amide bonds. The molecular formula is C27H24N6O2S3. The molecule has 0 spiro atoms. The Balaban J connectivity index is 1.24. The number of hydrogen-bond donors (Lipinski definition) is 1. The quantitative estimate of drug-likeness (QED) is 0.214. The van der Waals surface area contributed by atoms with E-state index < -0.39 is 0 Å². The molecule has 0 unspecified atom stereocenters. The molecule has 1 aliphatic rings. The number of hydrogen-bond acceptors (Lipinski definition) is 10. The number of amides is 1. The van der Waals surface area contributed by atoms with Gasteiger partial charge in [-0.05, 0) is 36.4 Å². The lowest BCUT2D eigenvalue weighted by atomic mass is 9.94. The van der Waals surface area contributed by atoms with E-state index >= 15 is 0 Å². The number of para-hydroxylation sites is 1. The van der Waals surface area contributed by atoms with Gasteiger partial charge in [-0.15, -0.1) is 22.7 Å². The van der Waals surface area contributed by atoms with Gasteiger partial charge in [0.25, 0.3) is 0 Å². The topological polar surface area (TPSA) is 93.1 Å². The number of thiazole rings is 1. The highest BCUT2D eigenvalue weighted by molar-refractivity contribution is 7.99. The van der Waals surface area contributed by atoms with E-state index in [0.717, 1.165) is 62.6 Å². The number of carbonyl (C=O) groups excluding carboxylic acids is 1. The molecule has 5 heterocycles. The third kappa shape index (κ3) is 5.50. The second-order valence-electron chi connectivity index (χ2n) is 8.84. The molecule has 192 valence electrons. The van der Waals surface area contributed by atoms with Crippen LogP contribution in [0.2, 0.25) is 0 Å². The highest BCUT2D eigenvalue weighted by Gasteiger charge is 2.24. The summed E-state index contributed by atoms with van der Waals surface area (Å²) >= 11 is 4.68. The zero-order valence-electron chi connectivity index (χ0n) is 20.5. The maximum Gasteiger partial charge on any atom is 0.219 e. The van der Waals surface area contributed by atoms with Crippen LogP contribution in [-0.2, 0) is 4.79 Å². The van der Waals surface area contributed by atoms with Crippen LogP contribution in [0.1, 0.15) is 31.4 Å². The van der Waals surface area contributed by atoms with Crippen LogP contribution in [0, 0.1) is 0 Å². The van der Waals surface area contributed by atoms with Gasteiger partial charge in [0.1, 0.15) is 21.9 Å². The molecule has 0 aliphatic carbocycles. The van der Waals surface area contributed by atoms with E-state index in [9.17, 15) is 4.79 Å². The first-order valence-corrected chi connectivity index (χ1v) is 14.8. The van der Waals surface area contributed by atoms with E-state index in [1.807, 2.05) is 58.9 Å². The first kappa shape index (κ1) is 24.8. The van der Waals surface area contributed by atoms with Crippen molar-refractivity contribution in [3.8, 4) is 11.5 Å². The van der Waals surface area contributed by atoms with E-state index in [1.54, 1.807) is 35.9 Å². The molecular weight excluding hydrogens is 537 g/mol. The molecule has 0 bridgehead atoms. The Morgan fingerprint density at radius 3 is 2.76 bits per heavy atom. The summed E-state index contributed by atoms with van der Waals surface area (Å²) < 4.78 is 6.26. The number of aromatic nitrogens is 4. The Labute approximate surface area is 232 Å². The molecule has 5 aromatic rings. The summed E-state index contributed by atoms with van der Waals surface area (Å²) in [5.74, 6) is 2.41. The van der Waals surface area contributed by atoms with Gasteiger partial charge >= 0.3 is 0 Å². The summed E-state index contributed by atoms with van der Waals surface area (Å²) in [4.78, 5) is 33.8. The van der Waals surface area contributed by atoms with Crippen LogP contribution >= 0.6 is 34.4 Å². The van der Waals surface area contributed by atoms with Crippen molar-refractivity contribution < 1.29 is 9.53 Å². The van der Waals surface area contributed by atoms with Crippen molar-refractivity contribution in [3.05, 3.63) is 71.4 Å². The first-order valence-electron chi connectivity index (χ1n) is 12.2. The number of thiophene rings is 1. The number of ether oxygens (including phenoxy) is 1.